The zero-order chi connectivity index (χ0) is 14.1. The van der Waals surface area contributed by atoms with Gasteiger partial charge in [-0.25, -0.2) is 13.1 Å². The third-order valence-electron chi connectivity index (χ3n) is 2.40. The molecular formula is C9H11Cl2NO4S2. The summed E-state index contributed by atoms with van der Waals surface area (Å²) in [5.41, 5.74) is 0. The Morgan fingerprint density at radius 2 is 2.00 bits per heavy atom. The van der Waals surface area contributed by atoms with Crippen LogP contribution in [0.2, 0.25) is 8.67 Å². The van der Waals surface area contributed by atoms with Gasteiger partial charge in [0.15, 0.2) is 0 Å². The first-order chi connectivity index (χ1) is 8.15. The fraction of sp³-hybridized carbons (Fsp3) is 0.444. The molecule has 0 spiro atoms. The van der Waals surface area contributed by atoms with Crippen molar-refractivity contribution in [2.24, 2.45) is 5.92 Å². The Bertz CT molecular complexity index is 555. The third kappa shape index (κ3) is 3.58. The van der Waals surface area contributed by atoms with E-state index in [0.717, 1.165) is 11.3 Å². The van der Waals surface area contributed by atoms with Gasteiger partial charge in [0.05, 0.1) is 10.3 Å². The Labute approximate surface area is 119 Å². The number of carboxylic acids is 1. The van der Waals surface area contributed by atoms with E-state index in [4.69, 9.17) is 28.3 Å². The highest BCUT2D eigenvalue weighted by Crippen LogP contribution is 2.34. The van der Waals surface area contributed by atoms with Gasteiger partial charge in [-0.15, -0.1) is 11.3 Å². The molecule has 0 saturated heterocycles. The van der Waals surface area contributed by atoms with Crippen molar-refractivity contribution in [3.63, 3.8) is 0 Å². The molecule has 1 rings (SSSR count). The van der Waals surface area contributed by atoms with Gasteiger partial charge in [0, 0.05) is 6.04 Å². The topological polar surface area (TPSA) is 83.5 Å². The Kier molecular flexibility index (Phi) is 5.02. The van der Waals surface area contributed by atoms with E-state index in [0.29, 0.717) is 0 Å². The highest BCUT2D eigenvalue weighted by molar-refractivity contribution is 7.89. The van der Waals surface area contributed by atoms with E-state index in [1.165, 1.54) is 19.9 Å². The number of thiophene rings is 1. The van der Waals surface area contributed by atoms with Crippen molar-refractivity contribution in [3.05, 3.63) is 14.7 Å². The Morgan fingerprint density at radius 1 is 1.44 bits per heavy atom. The molecule has 1 heterocycles. The molecule has 0 fully saturated rings. The highest BCUT2D eigenvalue weighted by Gasteiger charge is 2.27. The maximum absolute atomic E-state index is 12.0. The molecular weight excluding hydrogens is 321 g/mol. The minimum absolute atomic E-state index is 0.0441. The number of sulfonamides is 1. The lowest BCUT2D eigenvalue weighted by Crippen LogP contribution is -2.39. The van der Waals surface area contributed by atoms with Crippen molar-refractivity contribution >= 4 is 50.5 Å². The van der Waals surface area contributed by atoms with E-state index in [-0.39, 0.29) is 13.6 Å². The molecule has 1 aromatic rings. The number of carboxylic acid groups (broad SMARTS) is 1. The number of nitrogens with one attached hydrogen (secondary N) is 1. The van der Waals surface area contributed by atoms with Crippen molar-refractivity contribution in [1.29, 1.82) is 0 Å². The molecule has 0 aliphatic heterocycles. The third-order valence-corrected chi connectivity index (χ3v) is 5.71. The number of rotatable bonds is 5. The van der Waals surface area contributed by atoms with Crippen LogP contribution in [-0.2, 0) is 14.8 Å². The van der Waals surface area contributed by atoms with Crippen LogP contribution in [0.4, 0.5) is 0 Å². The fourth-order valence-electron chi connectivity index (χ4n) is 1.13. The average Bonchev–Trinajstić information content (AvgIpc) is 2.56. The summed E-state index contributed by atoms with van der Waals surface area (Å²) in [5.74, 6) is -1.94. The molecule has 0 amide bonds. The van der Waals surface area contributed by atoms with Gasteiger partial charge in [0.25, 0.3) is 0 Å². The van der Waals surface area contributed by atoms with Crippen LogP contribution in [0.25, 0.3) is 0 Å². The Balaban J connectivity index is 2.96. The van der Waals surface area contributed by atoms with E-state index < -0.39 is 28.0 Å². The van der Waals surface area contributed by atoms with Gasteiger partial charge in [-0.05, 0) is 13.0 Å². The quantitative estimate of drug-likeness (QED) is 0.867. The summed E-state index contributed by atoms with van der Waals surface area (Å²) in [6.45, 7) is 2.88. The van der Waals surface area contributed by atoms with Crippen molar-refractivity contribution in [2.75, 3.05) is 0 Å². The van der Waals surface area contributed by atoms with E-state index >= 15 is 0 Å². The molecule has 9 heteroatoms. The first-order valence-corrected chi connectivity index (χ1v) is 7.90. The number of hydrogen-bond donors (Lipinski definition) is 2. The van der Waals surface area contributed by atoms with Crippen LogP contribution >= 0.6 is 34.5 Å². The molecule has 102 valence electrons. The summed E-state index contributed by atoms with van der Waals surface area (Å²) in [6, 6.07) is 0.469. The van der Waals surface area contributed by atoms with E-state index in [9.17, 15) is 13.2 Å². The second-order valence-electron chi connectivity index (χ2n) is 3.73. The number of aliphatic carboxylic acids is 1. The van der Waals surface area contributed by atoms with Crippen LogP contribution in [0.5, 0.6) is 0 Å². The van der Waals surface area contributed by atoms with Crippen molar-refractivity contribution in [2.45, 2.75) is 24.8 Å². The summed E-state index contributed by atoms with van der Waals surface area (Å²) in [6.07, 6.45) is 0. The molecule has 0 aliphatic carbocycles. The predicted octanol–water partition coefficient (Wildman–Crippen LogP) is 2.44. The number of hydrogen-bond acceptors (Lipinski definition) is 4. The van der Waals surface area contributed by atoms with Gasteiger partial charge >= 0.3 is 5.97 Å². The summed E-state index contributed by atoms with van der Waals surface area (Å²) in [5, 5.41) is 8.80. The second kappa shape index (κ2) is 5.75. The van der Waals surface area contributed by atoms with Gasteiger partial charge in [0.1, 0.15) is 9.23 Å². The minimum atomic E-state index is -3.87. The van der Waals surface area contributed by atoms with Gasteiger partial charge < -0.3 is 5.11 Å². The molecule has 2 N–H and O–H groups in total. The van der Waals surface area contributed by atoms with Gasteiger partial charge in [-0.1, -0.05) is 30.1 Å². The summed E-state index contributed by atoms with van der Waals surface area (Å²) < 4.78 is 26.5. The lowest BCUT2D eigenvalue weighted by molar-refractivity contribution is -0.141. The number of carbonyl (C=O) groups is 1. The van der Waals surface area contributed by atoms with E-state index in [1.807, 2.05) is 0 Å². The maximum Gasteiger partial charge on any atom is 0.307 e. The highest BCUT2D eigenvalue weighted by atomic mass is 35.5. The molecule has 0 radical (unpaired) electrons. The van der Waals surface area contributed by atoms with Crippen LogP contribution in [-0.4, -0.2) is 25.5 Å². The predicted molar refractivity (Wildman–Crippen MR) is 70.9 cm³/mol. The van der Waals surface area contributed by atoms with Crippen LogP contribution in [0.1, 0.15) is 13.8 Å². The second-order valence-corrected chi connectivity index (χ2v) is 7.69. The minimum Gasteiger partial charge on any atom is -0.481 e. The fourth-order valence-corrected chi connectivity index (χ4v) is 4.61. The molecule has 0 bridgehead atoms. The largest absolute Gasteiger partial charge is 0.481 e. The van der Waals surface area contributed by atoms with Crippen LogP contribution < -0.4 is 4.72 Å². The molecule has 0 aliphatic rings. The molecule has 0 saturated carbocycles. The first kappa shape index (κ1) is 15.7. The molecule has 0 aromatic carbocycles. The van der Waals surface area contributed by atoms with E-state index in [1.54, 1.807) is 0 Å². The first-order valence-electron chi connectivity index (χ1n) is 4.85. The SMILES string of the molecule is CC(NS(=O)(=O)c1cc(Cl)sc1Cl)C(C)C(=O)O. The van der Waals surface area contributed by atoms with Crippen LogP contribution in [0.3, 0.4) is 0 Å². The average molecular weight is 332 g/mol. The Hall–Kier alpha value is -0.340. The normalized spacial score (nSPS) is 15.3. The van der Waals surface area contributed by atoms with Crippen molar-refractivity contribution in [1.82, 2.24) is 4.72 Å². The monoisotopic (exact) mass is 331 g/mol. The standard InChI is InChI=1S/C9H11Cl2NO4S2/c1-4(9(13)14)5(2)12-18(15,16)6-3-7(10)17-8(6)11/h3-5,12H,1-2H3,(H,13,14). The van der Waals surface area contributed by atoms with Crippen LogP contribution in [0.15, 0.2) is 11.0 Å². The summed E-state index contributed by atoms with van der Waals surface area (Å²) >= 11 is 12.4. The zero-order valence-corrected chi connectivity index (χ0v) is 12.6. The van der Waals surface area contributed by atoms with E-state index in [2.05, 4.69) is 4.72 Å². The smallest absolute Gasteiger partial charge is 0.307 e. The Morgan fingerprint density at radius 3 is 2.39 bits per heavy atom. The number of halogens is 2. The molecule has 1 aromatic heterocycles. The van der Waals surface area contributed by atoms with Crippen molar-refractivity contribution in [3.8, 4) is 0 Å². The van der Waals surface area contributed by atoms with Gasteiger partial charge in [-0.2, -0.15) is 0 Å². The van der Waals surface area contributed by atoms with Gasteiger partial charge in [-0.3, -0.25) is 4.79 Å². The lowest BCUT2D eigenvalue weighted by atomic mass is 10.1. The molecule has 5 nitrogen and oxygen atoms in total. The molecule has 18 heavy (non-hydrogen) atoms. The maximum atomic E-state index is 12.0. The van der Waals surface area contributed by atoms with Crippen LogP contribution in [0, 0.1) is 5.92 Å². The zero-order valence-electron chi connectivity index (χ0n) is 9.48. The molecule has 2 atom stereocenters. The summed E-state index contributed by atoms with van der Waals surface area (Å²) in [4.78, 5) is 10.6. The molecule has 2 unspecified atom stereocenters. The van der Waals surface area contributed by atoms with Gasteiger partial charge in [0.2, 0.25) is 10.0 Å². The van der Waals surface area contributed by atoms with Crippen molar-refractivity contribution < 1.29 is 18.3 Å². The summed E-state index contributed by atoms with van der Waals surface area (Å²) in [7, 11) is -3.87. The lowest BCUT2D eigenvalue weighted by Gasteiger charge is -2.17.